The van der Waals surface area contributed by atoms with Crippen LogP contribution in [0.25, 0.3) is 22.5 Å². The zero-order valence-electron chi connectivity index (χ0n) is 16.8. The molecule has 3 aromatic rings. The van der Waals surface area contributed by atoms with Crippen LogP contribution < -0.4 is 0 Å². The van der Waals surface area contributed by atoms with Gasteiger partial charge in [-0.1, -0.05) is 19.3 Å². The Morgan fingerprint density at radius 3 is 1.52 bits per heavy atom. The van der Waals surface area contributed by atoms with E-state index in [1.54, 1.807) is 0 Å². The summed E-state index contributed by atoms with van der Waals surface area (Å²) >= 11 is 9.15. The molecule has 0 amide bonds. The summed E-state index contributed by atoms with van der Waals surface area (Å²) in [5, 5.41) is 0. The van der Waals surface area contributed by atoms with Gasteiger partial charge in [-0.15, -0.1) is 0 Å². The van der Waals surface area contributed by atoms with Crippen LogP contribution in [0.4, 0.5) is 0 Å². The Labute approximate surface area is 201 Å². The zero-order chi connectivity index (χ0) is 20.8. The molecule has 3 nitrogen and oxygen atoms in total. The molecule has 0 atom stereocenters. The molecular formula is C23H27Br2N3Pt. The molecule has 1 heterocycles. The predicted molar refractivity (Wildman–Crippen MR) is 125 cm³/mol. The molecule has 158 valence electrons. The molecule has 0 radical (unpaired) electrons. The van der Waals surface area contributed by atoms with Gasteiger partial charge in [-0.05, 0) is 12.8 Å². The number of rotatable bonds is 3. The molecule has 4 rings (SSSR count). The van der Waals surface area contributed by atoms with E-state index in [1.807, 2.05) is 2.95 Å². The zero-order valence-corrected chi connectivity index (χ0v) is 22.2. The van der Waals surface area contributed by atoms with Crippen LogP contribution in [0.2, 0.25) is 0 Å². The molecule has 1 aliphatic carbocycles. The van der Waals surface area contributed by atoms with Gasteiger partial charge in [0.1, 0.15) is 0 Å². The number of nitrogens with zero attached hydrogens (tertiary/aromatic N) is 3. The van der Waals surface area contributed by atoms with Crippen LogP contribution >= 0.6 is 32.3 Å². The molecule has 1 aromatic heterocycles. The number of imidazole rings is 1. The number of hydrogen-bond donors (Lipinski definition) is 0. The second kappa shape index (κ2) is 11.0. The fourth-order valence-electron chi connectivity index (χ4n) is 3.84. The summed E-state index contributed by atoms with van der Waals surface area (Å²) in [6.07, 6.45) is 6.86. The van der Waals surface area contributed by atoms with Gasteiger partial charge in [-0.3, -0.25) is 0 Å². The van der Waals surface area contributed by atoms with Crippen molar-refractivity contribution in [1.82, 2.24) is 12.1 Å². The summed E-state index contributed by atoms with van der Waals surface area (Å²) in [5.74, 6) is 0. The summed E-state index contributed by atoms with van der Waals surface area (Å²) in [7, 11) is 4.24. The Morgan fingerprint density at radius 2 is 1.17 bits per heavy atom. The van der Waals surface area contributed by atoms with E-state index in [0.29, 0.717) is 0 Å². The molecule has 2 aromatic carbocycles. The van der Waals surface area contributed by atoms with Crippen molar-refractivity contribution in [2.24, 2.45) is 14.1 Å². The molecule has 0 unspecified atom stereocenters. The van der Waals surface area contributed by atoms with Crippen molar-refractivity contribution in [2.45, 2.75) is 38.1 Å². The van der Waals surface area contributed by atoms with E-state index in [0.717, 1.165) is 6.04 Å². The first-order chi connectivity index (χ1) is 14.0. The van der Waals surface area contributed by atoms with Crippen molar-refractivity contribution < 1.29 is 19.4 Å². The van der Waals surface area contributed by atoms with Crippen molar-refractivity contribution in [3.8, 4) is 22.5 Å². The van der Waals surface area contributed by atoms with Crippen LogP contribution in [-0.2, 0) is 33.4 Å². The van der Waals surface area contributed by atoms with E-state index in [4.69, 9.17) is 0 Å². The SMILES string of the molecule is BrN(Br)C1CCCCC1.Cn1c(-c2ccccc2)c(-c2ccccc2)n(C)[c]1=[Pt]. The summed E-state index contributed by atoms with van der Waals surface area (Å²) in [4.78, 5) is 0. The van der Waals surface area contributed by atoms with Crippen LogP contribution in [-0.4, -0.2) is 18.1 Å². The molecule has 29 heavy (non-hydrogen) atoms. The molecule has 1 fully saturated rings. The number of aromatic nitrogens is 2. The summed E-state index contributed by atoms with van der Waals surface area (Å²) < 4.78 is 7.69. The number of hydrogen-bond acceptors (Lipinski definition) is 1. The van der Waals surface area contributed by atoms with Crippen molar-refractivity contribution >= 4 is 32.3 Å². The van der Waals surface area contributed by atoms with E-state index >= 15 is 0 Å². The topological polar surface area (TPSA) is 13.1 Å². The van der Waals surface area contributed by atoms with E-state index < -0.39 is 0 Å². The van der Waals surface area contributed by atoms with Gasteiger partial charge >= 0.3 is 130 Å². The molecular weight excluding hydrogens is 673 g/mol. The minimum absolute atomic E-state index is 0.721. The molecule has 0 bridgehead atoms. The third-order valence-corrected chi connectivity index (χ3v) is 8.03. The van der Waals surface area contributed by atoms with Crippen LogP contribution in [0, 0.1) is 3.80 Å². The summed E-state index contributed by atoms with van der Waals surface area (Å²) in [5.41, 5.74) is 4.99. The average molecular weight is 700 g/mol. The maximum absolute atomic E-state index is 3.39. The normalized spacial score (nSPS) is 14.6. The standard InChI is InChI=1S/C17H16N2.C6H11Br2N.Pt/c1-18-13-19(2)17(15-11-7-4-8-12-15)16(18)14-9-5-3-6-10-14;7-9(8)6-4-2-1-3-5-6;/h3-12H,1-2H3;6H,1-5H2;. The molecule has 1 saturated carbocycles. The Morgan fingerprint density at radius 1 is 0.759 bits per heavy atom. The number of benzene rings is 2. The fourth-order valence-corrected chi connectivity index (χ4v) is 5.17. The second-order valence-electron chi connectivity index (χ2n) is 7.34. The predicted octanol–water partition coefficient (Wildman–Crippen LogP) is 7.02. The fraction of sp³-hybridized carbons (Fsp3) is 0.348. The molecule has 1 aliphatic rings. The van der Waals surface area contributed by atoms with E-state index in [2.05, 4.69) is 136 Å². The van der Waals surface area contributed by atoms with Crippen molar-refractivity contribution in [3.05, 3.63) is 64.5 Å². The Hall–Kier alpha value is -0.742. The molecule has 0 aliphatic heterocycles. The molecule has 0 spiro atoms. The van der Waals surface area contributed by atoms with Gasteiger partial charge in [0.25, 0.3) is 0 Å². The second-order valence-corrected chi connectivity index (χ2v) is 10.8. The van der Waals surface area contributed by atoms with Gasteiger partial charge in [-0.2, -0.15) is 2.95 Å². The average Bonchev–Trinajstić information content (AvgIpc) is 3.00. The van der Waals surface area contributed by atoms with Crippen molar-refractivity contribution in [3.63, 3.8) is 0 Å². The monoisotopic (exact) mass is 698 g/mol. The quantitative estimate of drug-likeness (QED) is 0.268. The van der Waals surface area contributed by atoms with Gasteiger partial charge in [0.15, 0.2) is 0 Å². The maximum atomic E-state index is 3.39. The molecule has 6 heteroatoms. The third kappa shape index (κ3) is 5.70. The first kappa shape index (κ1) is 22.9. The van der Waals surface area contributed by atoms with Crippen molar-refractivity contribution in [1.29, 1.82) is 0 Å². The van der Waals surface area contributed by atoms with E-state index in [1.165, 1.54) is 58.4 Å². The van der Waals surface area contributed by atoms with E-state index in [9.17, 15) is 0 Å². The Kier molecular flexibility index (Phi) is 8.73. The van der Waals surface area contributed by atoms with Crippen LogP contribution in [0.5, 0.6) is 0 Å². The third-order valence-electron chi connectivity index (χ3n) is 5.35. The first-order valence-corrected chi connectivity index (χ1v) is 12.5. The van der Waals surface area contributed by atoms with Gasteiger partial charge in [0, 0.05) is 38.3 Å². The molecule has 0 N–H and O–H groups in total. The van der Waals surface area contributed by atoms with Gasteiger partial charge in [-0.25, -0.2) is 0 Å². The minimum atomic E-state index is 0.721. The Balaban J connectivity index is 0.000000224. The van der Waals surface area contributed by atoms with Gasteiger partial charge in [0.2, 0.25) is 0 Å². The van der Waals surface area contributed by atoms with Crippen LogP contribution in [0.1, 0.15) is 32.1 Å². The van der Waals surface area contributed by atoms with Crippen LogP contribution in [0.3, 0.4) is 0 Å². The Bertz CT molecular complexity index is 893. The summed E-state index contributed by atoms with van der Waals surface area (Å²) in [6, 6.07) is 21.8. The summed E-state index contributed by atoms with van der Waals surface area (Å²) in [6.45, 7) is 0. The molecule has 0 saturated heterocycles. The van der Waals surface area contributed by atoms with E-state index in [-0.39, 0.29) is 0 Å². The number of halogens is 2. The first-order valence-electron chi connectivity index (χ1n) is 9.93. The van der Waals surface area contributed by atoms with Crippen LogP contribution in [0.15, 0.2) is 60.7 Å². The van der Waals surface area contributed by atoms with Gasteiger partial charge in [0.05, 0.1) is 0 Å². The van der Waals surface area contributed by atoms with Gasteiger partial charge < -0.3 is 0 Å². The van der Waals surface area contributed by atoms with Crippen molar-refractivity contribution in [2.75, 3.05) is 0 Å².